The van der Waals surface area contributed by atoms with Gasteiger partial charge in [0.2, 0.25) is 0 Å². The van der Waals surface area contributed by atoms with Gasteiger partial charge in [-0.3, -0.25) is 4.79 Å². The number of carbonyl (C=O) groups is 1. The summed E-state index contributed by atoms with van der Waals surface area (Å²) in [5, 5.41) is 9.22. The van der Waals surface area contributed by atoms with Crippen molar-refractivity contribution in [2.75, 3.05) is 0 Å². The standard InChI is InChI=1S/C13H14N2O.C13H12N2O/c2*1-9-3-2-4-10-5-6-12-11(7-16)14-8-15(12)13(9)10/h2-4,8,16H,5-7H2,1H3;2-4,7-8H,5-6H2,1H3. The minimum atomic E-state index is 0.0313. The molecule has 0 saturated heterocycles. The normalized spacial score (nSPS) is 13.2. The highest BCUT2D eigenvalue weighted by Crippen LogP contribution is 2.29. The van der Waals surface area contributed by atoms with Crippen molar-refractivity contribution in [3.05, 3.63) is 94.1 Å². The zero-order valence-corrected chi connectivity index (χ0v) is 18.4. The first-order valence-corrected chi connectivity index (χ1v) is 11.0. The summed E-state index contributed by atoms with van der Waals surface area (Å²) in [6, 6.07) is 12.7. The number of rotatable bonds is 2. The summed E-state index contributed by atoms with van der Waals surface area (Å²) in [5.74, 6) is 0. The van der Waals surface area contributed by atoms with Crippen LogP contribution < -0.4 is 0 Å². The van der Waals surface area contributed by atoms with E-state index in [1.54, 1.807) is 6.33 Å². The van der Waals surface area contributed by atoms with Crippen LogP contribution in [0.2, 0.25) is 0 Å². The molecule has 2 aromatic carbocycles. The summed E-state index contributed by atoms with van der Waals surface area (Å²) < 4.78 is 4.18. The smallest absolute Gasteiger partial charge is 0.170 e. The van der Waals surface area contributed by atoms with Crippen LogP contribution >= 0.6 is 0 Å². The number of aliphatic hydroxyl groups excluding tert-OH is 1. The van der Waals surface area contributed by atoms with Gasteiger partial charge in [-0.05, 0) is 61.8 Å². The Labute approximate surface area is 187 Å². The molecule has 0 amide bonds. The van der Waals surface area contributed by atoms with Gasteiger partial charge >= 0.3 is 0 Å². The predicted octanol–water partition coefficient (Wildman–Crippen LogP) is 3.86. The maximum absolute atomic E-state index is 10.9. The van der Waals surface area contributed by atoms with Gasteiger partial charge in [0.25, 0.3) is 0 Å². The van der Waals surface area contributed by atoms with Gasteiger partial charge in [0.1, 0.15) is 12.0 Å². The van der Waals surface area contributed by atoms with Crippen LogP contribution in [-0.4, -0.2) is 30.5 Å². The van der Waals surface area contributed by atoms with Gasteiger partial charge in [-0.25, -0.2) is 9.97 Å². The Bertz CT molecular complexity index is 1320. The molecule has 0 unspecified atom stereocenters. The summed E-state index contributed by atoms with van der Waals surface area (Å²) in [4.78, 5) is 19.3. The highest BCUT2D eigenvalue weighted by molar-refractivity contribution is 5.74. The quantitative estimate of drug-likeness (QED) is 0.494. The van der Waals surface area contributed by atoms with Crippen molar-refractivity contribution in [2.24, 2.45) is 0 Å². The molecule has 2 aliphatic rings. The summed E-state index contributed by atoms with van der Waals surface area (Å²) >= 11 is 0. The molecule has 0 spiro atoms. The number of hydrogen-bond donors (Lipinski definition) is 1. The number of fused-ring (bicyclic) bond motifs is 6. The van der Waals surface area contributed by atoms with E-state index in [0.29, 0.717) is 5.69 Å². The zero-order chi connectivity index (χ0) is 22.2. The maximum atomic E-state index is 10.9. The van der Waals surface area contributed by atoms with Crippen LogP contribution in [0.15, 0.2) is 49.1 Å². The molecule has 0 radical (unpaired) electrons. The second kappa shape index (κ2) is 8.20. The van der Waals surface area contributed by atoms with Crippen LogP contribution in [0.1, 0.15) is 49.8 Å². The fraction of sp³-hybridized carbons (Fsp3) is 0.269. The van der Waals surface area contributed by atoms with Crippen LogP contribution in [0.3, 0.4) is 0 Å². The Kier molecular flexibility index (Phi) is 5.23. The Balaban J connectivity index is 0.000000135. The van der Waals surface area contributed by atoms with Gasteiger partial charge in [-0.15, -0.1) is 0 Å². The number of aliphatic hydroxyl groups is 1. The summed E-state index contributed by atoms with van der Waals surface area (Å²) in [5.41, 5.74) is 11.2. The molecule has 2 aliphatic heterocycles. The number of imidazole rings is 2. The van der Waals surface area contributed by atoms with Crippen LogP contribution in [0.4, 0.5) is 0 Å². The molecule has 4 aromatic rings. The van der Waals surface area contributed by atoms with Gasteiger partial charge < -0.3 is 14.2 Å². The van der Waals surface area contributed by atoms with E-state index in [1.807, 2.05) is 6.33 Å². The van der Waals surface area contributed by atoms with E-state index in [1.165, 1.54) is 33.6 Å². The Hall–Kier alpha value is -3.51. The van der Waals surface area contributed by atoms with Crippen molar-refractivity contribution in [2.45, 2.75) is 46.1 Å². The molecule has 0 atom stereocenters. The van der Waals surface area contributed by atoms with E-state index >= 15 is 0 Å². The number of aldehydes is 1. The second-order valence-corrected chi connectivity index (χ2v) is 8.40. The SMILES string of the molecule is Cc1cccc2c1-n1cnc(C=O)c1CC2.Cc1cccc2c1-n1cnc(CO)c1CC2. The molecule has 4 heterocycles. The van der Waals surface area contributed by atoms with Gasteiger partial charge in [0.05, 0.1) is 35.7 Å². The first-order chi connectivity index (χ1) is 15.6. The molecule has 0 fully saturated rings. The number of nitrogens with zero attached hydrogens (tertiary/aromatic N) is 4. The first-order valence-electron chi connectivity index (χ1n) is 11.0. The molecular weight excluding hydrogens is 400 g/mol. The number of benzene rings is 2. The molecule has 32 heavy (non-hydrogen) atoms. The molecule has 6 heteroatoms. The third-order valence-electron chi connectivity index (χ3n) is 6.50. The molecule has 0 saturated carbocycles. The Morgan fingerprint density at radius 2 is 1.41 bits per heavy atom. The van der Waals surface area contributed by atoms with Gasteiger partial charge in [-0.2, -0.15) is 0 Å². The monoisotopic (exact) mass is 426 g/mol. The van der Waals surface area contributed by atoms with Gasteiger partial charge in [0.15, 0.2) is 6.29 Å². The average Bonchev–Trinajstić information content (AvgIpc) is 3.43. The fourth-order valence-corrected chi connectivity index (χ4v) is 4.97. The summed E-state index contributed by atoms with van der Waals surface area (Å²) in [6.45, 7) is 4.24. The third-order valence-corrected chi connectivity index (χ3v) is 6.50. The maximum Gasteiger partial charge on any atom is 0.170 e. The molecule has 2 aromatic heterocycles. The van der Waals surface area contributed by atoms with Crippen molar-refractivity contribution in [3.63, 3.8) is 0 Å². The lowest BCUT2D eigenvalue weighted by Gasteiger charge is -2.21. The highest BCUT2D eigenvalue weighted by atomic mass is 16.3. The number of carbonyl (C=O) groups excluding carboxylic acids is 1. The molecule has 1 N–H and O–H groups in total. The summed E-state index contributed by atoms with van der Waals surface area (Å²) in [7, 11) is 0. The first kappa shape index (κ1) is 20.4. The van der Waals surface area contributed by atoms with E-state index in [2.05, 4.69) is 69.3 Å². The topological polar surface area (TPSA) is 72.9 Å². The van der Waals surface area contributed by atoms with E-state index in [0.717, 1.165) is 49.1 Å². The van der Waals surface area contributed by atoms with Gasteiger partial charge in [-0.1, -0.05) is 36.4 Å². The largest absolute Gasteiger partial charge is 0.390 e. The lowest BCUT2D eigenvalue weighted by atomic mass is 9.98. The van der Waals surface area contributed by atoms with E-state index < -0.39 is 0 Å². The number of aryl methyl sites for hydroxylation is 4. The highest BCUT2D eigenvalue weighted by Gasteiger charge is 2.21. The molecule has 162 valence electrons. The Morgan fingerprint density at radius 3 is 2.00 bits per heavy atom. The minimum absolute atomic E-state index is 0.0313. The second-order valence-electron chi connectivity index (χ2n) is 8.40. The number of para-hydroxylation sites is 2. The Morgan fingerprint density at radius 1 is 0.844 bits per heavy atom. The van der Waals surface area contributed by atoms with Crippen molar-refractivity contribution < 1.29 is 9.90 Å². The van der Waals surface area contributed by atoms with Crippen molar-refractivity contribution in [3.8, 4) is 11.4 Å². The summed E-state index contributed by atoms with van der Waals surface area (Å²) in [6.07, 6.45) is 8.31. The fourth-order valence-electron chi connectivity index (χ4n) is 4.97. The van der Waals surface area contributed by atoms with Crippen molar-refractivity contribution in [1.82, 2.24) is 19.1 Å². The van der Waals surface area contributed by atoms with Crippen LogP contribution in [0.25, 0.3) is 11.4 Å². The van der Waals surface area contributed by atoms with E-state index in [4.69, 9.17) is 0 Å². The molecule has 6 nitrogen and oxygen atoms in total. The molecular formula is C26H26N4O2. The van der Waals surface area contributed by atoms with Crippen LogP contribution in [-0.2, 0) is 32.3 Å². The lowest BCUT2D eigenvalue weighted by molar-refractivity contribution is 0.111. The van der Waals surface area contributed by atoms with Crippen molar-refractivity contribution >= 4 is 6.29 Å². The zero-order valence-electron chi connectivity index (χ0n) is 18.4. The molecule has 6 rings (SSSR count). The van der Waals surface area contributed by atoms with Gasteiger partial charge in [0, 0.05) is 5.69 Å². The molecule has 0 bridgehead atoms. The van der Waals surface area contributed by atoms with Crippen LogP contribution in [0, 0.1) is 13.8 Å². The molecule has 0 aliphatic carbocycles. The lowest BCUT2D eigenvalue weighted by Crippen LogP contribution is -2.13. The predicted molar refractivity (Wildman–Crippen MR) is 123 cm³/mol. The minimum Gasteiger partial charge on any atom is -0.390 e. The van der Waals surface area contributed by atoms with Crippen molar-refractivity contribution in [1.29, 1.82) is 0 Å². The third kappa shape index (κ3) is 3.28. The average molecular weight is 427 g/mol. The number of hydrogen-bond acceptors (Lipinski definition) is 4. The van der Waals surface area contributed by atoms with Crippen LogP contribution in [0.5, 0.6) is 0 Å². The van der Waals surface area contributed by atoms with E-state index in [9.17, 15) is 9.90 Å². The van der Waals surface area contributed by atoms with E-state index in [-0.39, 0.29) is 6.61 Å². The number of aromatic nitrogens is 4.